The van der Waals surface area contributed by atoms with Crippen LogP contribution in [0, 0.1) is 5.92 Å². The number of nitrogens with one attached hydrogen (secondary N) is 1. The van der Waals surface area contributed by atoms with Crippen LogP contribution in [0.5, 0.6) is 0 Å². The highest BCUT2D eigenvalue weighted by molar-refractivity contribution is 7.89. The molecule has 1 aliphatic carbocycles. The fraction of sp³-hybridized carbons (Fsp3) is 0.538. The van der Waals surface area contributed by atoms with Crippen LogP contribution in [-0.2, 0) is 16.6 Å². The number of rotatable bonds is 6. The fourth-order valence-electron chi connectivity index (χ4n) is 2.19. The molecule has 1 aromatic carbocycles. The summed E-state index contributed by atoms with van der Waals surface area (Å²) in [5.74, 6) is 0.651. The minimum atomic E-state index is -3.62. The van der Waals surface area contributed by atoms with Crippen molar-refractivity contribution in [2.45, 2.75) is 37.1 Å². The van der Waals surface area contributed by atoms with Crippen molar-refractivity contribution in [3.05, 3.63) is 27.7 Å². The second-order valence-corrected chi connectivity index (χ2v) is 7.61. The van der Waals surface area contributed by atoms with Crippen molar-refractivity contribution < 1.29 is 8.42 Å². The van der Waals surface area contributed by atoms with Crippen LogP contribution in [0.3, 0.4) is 0 Å². The van der Waals surface area contributed by atoms with Gasteiger partial charge in [0.2, 0.25) is 10.0 Å². The van der Waals surface area contributed by atoms with Crippen molar-refractivity contribution in [3.8, 4) is 0 Å². The molecule has 0 spiro atoms. The maximum absolute atomic E-state index is 12.2. The predicted octanol–water partition coefficient (Wildman–Crippen LogP) is 2.92. The highest BCUT2D eigenvalue weighted by Crippen LogP contribution is 2.30. The molecule has 0 heterocycles. The van der Waals surface area contributed by atoms with Gasteiger partial charge in [0.15, 0.2) is 0 Å². The molecule has 1 aromatic rings. The molecule has 3 N–H and O–H groups in total. The molecule has 0 amide bonds. The monoisotopic (exact) mass is 336 g/mol. The lowest BCUT2D eigenvalue weighted by Crippen LogP contribution is -2.28. The number of hydrogen-bond donors (Lipinski definition) is 2. The number of sulfonamides is 1. The molecule has 2 rings (SSSR count). The smallest absolute Gasteiger partial charge is 0.242 e. The van der Waals surface area contributed by atoms with Crippen molar-refractivity contribution in [2.24, 2.45) is 11.7 Å². The maximum Gasteiger partial charge on any atom is 0.242 e. The molecule has 1 fully saturated rings. The van der Waals surface area contributed by atoms with Crippen LogP contribution in [0.25, 0.3) is 0 Å². The molecule has 0 saturated heterocycles. The van der Waals surface area contributed by atoms with E-state index in [1.807, 2.05) is 0 Å². The molecular weight excluding hydrogens is 319 g/mol. The first-order chi connectivity index (χ1) is 9.44. The van der Waals surface area contributed by atoms with Gasteiger partial charge in [0.25, 0.3) is 0 Å². The van der Waals surface area contributed by atoms with Gasteiger partial charge in [-0.2, -0.15) is 0 Å². The molecule has 0 aliphatic heterocycles. The molecule has 0 atom stereocenters. The van der Waals surface area contributed by atoms with Gasteiger partial charge in [0, 0.05) is 18.1 Å². The molecule has 4 nitrogen and oxygen atoms in total. The van der Waals surface area contributed by atoms with E-state index in [-0.39, 0.29) is 16.5 Å². The van der Waals surface area contributed by atoms with E-state index >= 15 is 0 Å². The summed E-state index contributed by atoms with van der Waals surface area (Å²) in [5, 5.41) is 0.495. The normalized spacial score (nSPS) is 16.1. The Morgan fingerprint density at radius 1 is 1.25 bits per heavy atom. The fourth-order valence-corrected chi connectivity index (χ4v) is 4.11. The second kappa shape index (κ2) is 6.62. The summed E-state index contributed by atoms with van der Waals surface area (Å²) in [6.45, 7) is 0.602. The molecule has 0 bridgehead atoms. The van der Waals surface area contributed by atoms with Crippen LogP contribution in [-0.4, -0.2) is 15.0 Å². The summed E-state index contributed by atoms with van der Waals surface area (Å²) in [6, 6.07) is 2.86. The van der Waals surface area contributed by atoms with E-state index in [4.69, 9.17) is 28.9 Å². The average Bonchev–Trinajstić information content (AvgIpc) is 2.32. The van der Waals surface area contributed by atoms with E-state index in [0.29, 0.717) is 23.0 Å². The second-order valence-electron chi connectivity index (χ2n) is 5.06. The van der Waals surface area contributed by atoms with E-state index < -0.39 is 10.0 Å². The SMILES string of the molecule is NCc1cc(S(=O)(=O)NCCC2CCC2)c(Cl)cc1Cl. The van der Waals surface area contributed by atoms with Crippen LogP contribution in [0.15, 0.2) is 17.0 Å². The molecule has 112 valence electrons. The van der Waals surface area contributed by atoms with Crippen molar-refractivity contribution >= 4 is 33.2 Å². The molecule has 1 aliphatic rings. The quantitative estimate of drug-likeness (QED) is 0.838. The van der Waals surface area contributed by atoms with Gasteiger partial charge in [-0.15, -0.1) is 0 Å². The van der Waals surface area contributed by atoms with Crippen LogP contribution in [0.4, 0.5) is 0 Å². The van der Waals surface area contributed by atoms with Gasteiger partial charge in [0.05, 0.1) is 5.02 Å². The molecule has 20 heavy (non-hydrogen) atoms. The number of benzene rings is 1. The lowest BCUT2D eigenvalue weighted by Gasteiger charge is -2.25. The third-order valence-electron chi connectivity index (χ3n) is 3.68. The predicted molar refractivity (Wildman–Crippen MR) is 81.5 cm³/mol. The largest absolute Gasteiger partial charge is 0.326 e. The van der Waals surface area contributed by atoms with E-state index in [1.165, 1.54) is 31.4 Å². The van der Waals surface area contributed by atoms with Gasteiger partial charge < -0.3 is 5.73 Å². The Hall–Kier alpha value is -0.330. The zero-order chi connectivity index (χ0) is 14.8. The zero-order valence-corrected chi connectivity index (χ0v) is 13.4. The Kier molecular flexibility index (Phi) is 5.31. The summed E-state index contributed by atoms with van der Waals surface area (Å²) < 4.78 is 27.1. The number of nitrogens with two attached hydrogens (primary N) is 1. The zero-order valence-electron chi connectivity index (χ0n) is 11.0. The Morgan fingerprint density at radius 2 is 1.95 bits per heavy atom. The van der Waals surface area contributed by atoms with Crippen molar-refractivity contribution in [2.75, 3.05) is 6.54 Å². The number of hydrogen-bond acceptors (Lipinski definition) is 3. The summed E-state index contributed by atoms with van der Waals surface area (Å²) in [4.78, 5) is 0.0395. The molecule has 0 unspecified atom stereocenters. The molecule has 1 saturated carbocycles. The Morgan fingerprint density at radius 3 is 2.50 bits per heavy atom. The highest BCUT2D eigenvalue weighted by Gasteiger charge is 2.22. The Bertz CT molecular complexity index is 586. The summed E-state index contributed by atoms with van der Waals surface area (Å²) in [6.07, 6.45) is 4.51. The average molecular weight is 337 g/mol. The van der Waals surface area contributed by atoms with Gasteiger partial charge in [-0.05, 0) is 30.0 Å². The topological polar surface area (TPSA) is 72.2 Å². The van der Waals surface area contributed by atoms with Gasteiger partial charge >= 0.3 is 0 Å². The van der Waals surface area contributed by atoms with E-state index in [9.17, 15) is 8.42 Å². The summed E-state index contributed by atoms with van der Waals surface area (Å²) >= 11 is 11.9. The van der Waals surface area contributed by atoms with Crippen LogP contribution >= 0.6 is 23.2 Å². The van der Waals surface area contributed by atoms with E-state index in [0.717, 1.165) is 6.42 Å². The molecular formula is C13H18Cl2N2O2S. The Labute approximate surface area is 129 Å². The minimum Gasteiger partial charge on any atom is -0.326 e. The summed E-state index contributed by atoms with van der Waals surface area (Å²) in [7, 11) is -3.62. The first-order valence-electron chi connectivity index (χ1n) is 6.61. The lowest BCUT2D eigenvalue weighted by atomic mass is 9.83. The van der Waals surface area contributed by atoms with Crippen LogP contribution in [0.1, 0.15) is 31.2 Å². The van der Waals surface area contributed by atoms with Crippen LogP contribution < -0.4 is 10.5 Å². The van der Waals surface area contributed by atoms with Gasteiger partial charge in [0.1, 0.15) is 4.90 Å². The van der Waals surface area contributed by atoms with Gasteiger partial charge in [-0.3, -0.25) is 0 Å². The third-order valence-corrected chi connectivity index (χ3v) is 5.96. The van der Waals surface area contributed by atoms with Crippen molar-refractivity contribution in [3.63, 3.8) is 0 Å². The summed E-state index contributed by atoms with van der Waals surface area (Å²) in [5.41, 5.74) is 6.10. The van der Waals surface area contributed by atoms with Gasteiger partial charge in [-0.1, -0.05) is 42.5 Å². The maximum atomic E-state index is 12.2. The standard InChI is InChI=1S/C13H18Cl2N2O2S/c14-11-7-12(15)13(6-10(11)8-16)20(18,19)17-5-4-9-2-1-3-9/h6-7,9,17H,1-5,8,16H2. The van der Waals surface area contributed by atoms with Crippen molar-refractivity contribution in [1.82, 2.24) is 4.72 Å². The van der Waals surface area contributed by atoms with E-state index in [1.54, 1.807) is 0 Å². The minimum absolute atomic E-state index is 0.0395. The number of halogens is 2. The van der Waals surface area contributed by atoms with Crippen LogP contribution in [0.2, 0.25) is 10.0 Å². The van der Waals surface area contributed by atoms with Crippen molar-refractivity contribution in [1.29, 1.82) is 0 Å². The first-order valence-corrected chi connectivity index (χ1v) is 8.85. The van der Waals surface area contributed by atoms with E-state index in [2.05, 4.69) is 4.72 Å². The molecule has 0 radical (unpaired) electrons. The Balaban J connectivity index is 2.11. The lowest BCUT2D eigenvalue weighted by molar-refractivity contribution is 0.297. The molecule has 0 aromatic heterocycles. The highest BCUT2D eigenvalue weighted by atomic mass is 35.5. The third kappa shape index (κ3) is 3.65. The first kappa shape index (κ1) is 16.0. The molecule has 7 heteroatoms. The van der Waals surface area contributed by atoms with Gasteiger partial charge in [-0.25, -0.2) is 13.1 Å².